The second-order valence-electron chi connectivity index (χ2n) is 5.64. The quantitative estimate of drug-likeness (QED) is 0.727. The van der Waals surface area contributed by atoms with E-state index in [9.17, 15) is 4.79 Å². The van der Waals surface area contributed by atoms with Gasteiger partial charge < -0.3 is 4.90 Å². The van der Waals surface area contributed by atoms with Crippen LogP contribution < -0.4 is 0 Å². The summed E-state index contributed by atoms with van der Waals surface area (Å²) in [6.07, 6.45) is 6.55. The predicted molar refractivity (Wildman–Crippen MR) is 90.8 cm³/mol. The summed E-state index contributed by atoms with van der Waals surface area (Å²) in [4.78, 5) is 22.4. The number of aryl methyl sites for hydroxylation is 1. The van der Waals surface area contributed by atoms with Gasteiger partial charge in [-0.25, -0.2) is 0 Å². The Kier molecular flexibility index (Phi) is 4.62. The summed E-state index contributed by atoms with van der Waals surface area (Å²) >= 11 is 0. The molecular weight excluding hydrogens is 286 g/mol. The van der Waals surface area contributed by atoms with Crippen LogP contribution in [0.1, 0.15) is 17.5 Å². The largest absolute Gasteiger partial charge is 0.341 e. The van der Waals surface area contributed by atoms with Crippen molar-refractivity contribution < 1.29 is 4.79 Å². The molecule has 0 atom stereocenters. The molecule has 0 saturated heterocycles. The molecule has 4 heteroatoms. The number of carbonyl (C=O) groups excluding carboxylic acids is 1. The van der Waals surface area contributed by atoms with E-state index in [4.69, 9.17) is 0 Å². The monoisotopic (exact) mass is 305 g/mol. The summed E-state index contributed by atoms with van der Waals surface area (Å²) in [7, 11) is 1.85. The molecule has 0 saturated carbocycles. The standard InChI is InChI=1S/C19H19N3O/c1-22(19(23)7-5-15-8-11-20-12-9-15)14-16-4-6-18-17(13-16)3-2-10-21-18/h2-4,6,8-13H,5,7,14H2,1H3. The van der Waals surface area contributed by atoms with E-state index in [1.807, 2.05) is 43.4 Å². The van der Waals surface area contributed by atoms with E-state index in [1.165, 1.54) is 0 Å². The van der Waals surface area contributed by atoms with E-state index in [0.29, 0.717) is 13.0 Å². The van der Waals surface area contributed by atoms with Gasteiger partial charge in [-0.15, -0.1) is 0 Å². The number of amides is 1. The van der Waals surface area contributed by atoms with Crippen LogP contribution in [0, 0.1) is 0 Å². The van der Waals surface area contributed by atoms with E-state index >= 15 is 0 Å². The van der Waals surface area contributed by atoms with Gasteiger partial charge in [0.15, 0.2) is 0 Å². The van der Waals surface area contributed by atoms with Crippen molar-refractivity contribution in [3.63, 3.8) is 0 Å². The van der Waals surface area contributed by atoms with Crippen molar-refractivity contribution in [3.8, 4) is 0 Å². The maximum Gasteiger partial charge on any atom is 0.222 e. The fourth-order valence-electron chi connectivity index (χ4n) is 2.58. The van der Waals surface area contributed by atoms with Gasteiger partial charge in [-0.05, 0) is 47.9 Å². The van der Waals surface area contributed by atoms with Gasteiger partial charge >= 0.3 is 0 Å². The summed E-state index contributed by atoms with van der Waals surface area (Å²) in [5.74, 6) is 0.146. The molecule has 0 bridgehead atoms. The van der Waals surface area contributed by atoms with Crippen LogP contribution in [0.5, 0.6) is 0 Å². The molecule has 1 amide bonds. The maximum atomic E-state index is 12.3. The third-order valence-electron chi connectivity index (χ3n) is 3.89. The zero-order chi connectivity index (χ0) is 16.1. The molecule has 0 radical (unpaired) electrons. The van der Waals surface area contributed by atoms with Gasteiger partial charge in [0.05, 0.1) is 5.52 Å². The van der Waals surface area contributed by atoms with Gasteiger partial charge in [0.1, 0.15) is 0 Å². The highest BCUT2D eigenvalue weighted by molar-refractivity contribution is 5.79. The molecule has 116 valence electrons. The fourth-order valence-corrected chi connectivity index (χ4v) is 2.58. The molecule has 2 heterocycles. The van der Waals surface area contributed by atoms with Crippen molar-refractivity contribution in [3.05, 3.63) is 72.2 Å². The minimum atomic E-state index is 0.146. The molecule has 0 unspecified atom stereocenters. The molecule has 0 aliphatic carbocycles. The molecule has 0 fully saturated rings. The molecule has 23 heavy (non-hydrogen) atoms. The first kappa shape index (κ1) is 15.2. The van der Waals surface area contributed by atoms with Crippen LogP contribution in [0.3, 0.4) is 0 Å². The summed E-state index contributed by atoms with van der Waals surface area (Å²) in [6.45, 7) is 0.611. The van der Waals surface area contributed by atoms with Gasteiger partial charge in [0.2, 0.25) is 5.91 Å². The van der Waals surface area contributed by atoms with Crippen molar-refractivity contribution in [2.24, 2.45) is 0 Å². The number of rotatable bonds is 5. The molecule has 0 aliphatic heterocycles. The number of aromatic nitrogens is 2. The lowest BCUT2D eigenvalue weighted by Gasteiger charge is -2.17. The topological polar surface area (TPSA) is 46.1 Å². The number of fused-ring (bicyclic) bond motifs is 1. The first-order valence-electron chi connectivity index (χ1n) is 7.69. The van der Waals surface area contributed by atoms with Gasteiger partial charge in [-0.2, -0.15) is 0 Å². The van der Waals surface area contributed by atoms with Crippen LogP contribution in [-0.4, -0.2) is 27.8 Å². The summed E-state index contributed by atoms with van der Waals surface area (Å²) in [5.41, 5.74) is 3.23. The molecule has 1 aromatic carbocycles. The predicted octanol–water partition coefficient (Wildman–Crippen LogP) is 3.22. The SMILES string of the molecule is CN(Cc1ccc2ncccc2c1)C(=O)CCc1ccncc1. The lowest BCUT2D eigenvalue weighted by atomic mass is 10.1. The first-order valence-corrected chi connectivity index (χ1v) is 7.69. The van der Waals surface area contributed by atoms with Crippen LogP contribution >= 0.6 is 0 Å². The molecule has 2 aromatic heterocycles. The number of nitrogens with zero attached hydrogens (tertiary/aromatic N) is 3. The molecule has 0 aliphatic rings. The van der Waals surface area contributed by atoms with E-state index in [-0.39, 0.29) is 5.91 Å². The number of hydrogen-bond acceptors (Lipinski definition) is 3. The summed E-state index contributed by atoms with van der Waals surface area (Å²) < 4.78 is 0. The molecule has 0 N–H and O–H groups in total. The highest BCUT2D eigenvalue weighted by Crippen LogP contribution is 2.15. The van der Waals surface area contributed by atoms with E-state index in [0.717, 1.165) is 28.5 Å². The van der Waals surface area contributed by atoms with E-state index < -0.39 is 0 Å². The van der Waals surface area contributed by atoms with Crippen LogP contribution in [0.25, 0.3) is 10.9 Å². The zero-order valence-electron chi connectivity index (χ0n) is 13.1. The molecule has 3 aromatic rings. The highest BCUT2D eigenvalue weighted by Gasteiger charge is 2.10. The molecule has 3 rings (SSSR count). The van der Waals surface area contributed by atoms with Crippen LogP contribution in [-0.2, 0) is 17.8 Å². The Morgan fingerprint density at radius 3 is 2.70 bits per heavy atom. The molecule has 0 spiro atoms. The van der Waals surface area contributed by atoms with Gasteiger partial charge in [-0.3, -0.25) is 14.8 Å². The molecule has 4 nitrogen and oxygen atoms in total. The number of carbonyl (C=O) groups is 1. The minimum Gasteiger partial charge on any atom is -0.341 e. The Balaban J connectivity index is 1.60. The number of hydrogen-bond donors (Lipinski definition) is 0. The first-order chi connectivity index (χ1) is 11.2. The normalized spacial score (nSPS) is 10.7. The Morgan fingerprint density at radius 2 is 1.87 bits per heavy atom. The van der Waals surface area contributed by atoms with Crippen molar-refractivity contribution in [2.45, 2.75) is 19.4 Å². The highest BCUT2D eigenvalue weighted by atomic mass is 16.2. The Labute approximate surface area is 135 Å². The van der Waals surface area contributed by atoms with Gasteiger partial charge in [0, 0.05) is 44.0 Å². The van der Waals surface area contributed by atoms with Crippen molar-refractivity contribution in [1.82, 2.24) is 14.9 Å². The fraction of sp³-hybridized carbons (Fsp3) is 0.211. The summed E-state index contributed by atoms with van der Waals surface area (Å²) in [6, 6.07) is 14.0. The average molecular weight is 305 g/mol. The summed E-state index contributed by atoms with van der Waals surface area (Å²) in [5, 5.41) is 1.10. The second-order valence-corrected chi connectivity index (χ2v) is 5.64. The van der Waals surface area contributed by atoms with Crippen LogP contribution in [0.4, 0.5) is 0 Å². The van der Waals surface area contributed by atoms with Crippen molar-refractivity contribution in [2.75, 3.05) is 7.05 Å². The minimum absolute atomic E-state index is 0.146. The second kappa shape index (κ2) is 7.01. The van der Waals surface area contributed by atoms with Crippen LogP contribution in [0.2, 0.25) is 0 Å². The van der Waals surface area contributed by atoms with E-state index in [2.05, 4.69) is 16.0 Å². The smallest absolute Gasteiger partial charge is 0.222 e. The van der Waals surface area contributed by atoms with Crippen molar-refractivity contribution >= 4 is 16.8 Å². The third-order valence-corrected chi connectivity index (χ3v) is 3.89. The average Bonchev–Trinajstić information content (AvgIpc) is 2.60. The molecular formula is C19H19N3O. The van der Waals surface area contributed by atoms with Gasteiger partial charge in [-0.1, -0.05) is 12.1 Å². The number of pyridine rings is 2. The lowest BCUT2D eigenvalue weighted by Crippen LogP contribution is -2.26. The van der Waals surface area contributed by atoms with Crippen LogP contribution in [0.15, 0.2) is 61.1 Å². The lowest BCUT2D eigenvalue weighted by molar-refractivity contribution is -0.130. The Morgan fingerprint density at radius 1 is 1.04 bits per heavy atom. The van der Waals surface area contributed by atoms with E-state index in [1.54, 1.807) is 23.5 Å². The van der Waals surface area contributed by atoms with Gasteiger partial charge in [0.25, 0.3) is 0 Å². The third kappa shape index (κ3) is 3.92. The Bertz CT molecular complexity index is 802. The maximum absolute atomic E-state index is 12.3. The Hall–Kier alpha value is -2.75. The van der Waals surface area contributed by atoms with Crippen molar-refractivity contribution in [1.29, 1.82) is 0 Å². The zero-order valence-corrected chi connectivity index (χ0v) is 13.1. The number of benzene rings is 1.